The number of hydrogen-bond donors (Lipinski definition) is 1. The maximum absolute atomic E-state index is 12.1. The largest absolute Gasteiger partial charge is 0.495 e. The van der Waals surface area contributed by atoms with Gasteiger partial charge in [0, 0.05) is 31.9 Å². The van der Waals surface area contributed by atoms with Crippen LogP contribution in [0.1, 0.15) is 21.9 Å². The van der Waals surface area contributed by atoms with Crippen molar-refractivity contribution in [3.63, 3.8) is 0 Å². The van der Waals surface area contributed by atoms with Crippen LogP contribution < -0.4 is 10.1 Å². The van der Waals surface area contributed by atoms with Gasteiger partial charge in [0.2, 0.25) is 0 Å². The molecule has 0 saturated carbocycles. The molecule has 1 aliphatic rings. The van der Waals surface area contributed by atoms with Gasteiger partial charge in [-0.1, -0.05) is 0 Å². The summed E-state index contributed by atoms with van der Waals surface area (Å²) in [4.78, 5) is 17.1. The van der Waals surface area contributed by atoms with E-state index in [1.165, 1.54) is 11.3 Å². The second-order valence-corrected chi connectivity index (χ2v) is 5.84. The number of aryl methyl sites for hydroxylation is 1. The maximum atomic E-state index is 12.1. The first-order valence-corrected chi connectivity index (χ1v) is 7.55. The highest BCUT2D eigenvalue weighted by atomic mass is 32.1. The third-order valence-electron chi connectivity index (χ3n) is 3.66. The molecule has 0 aromatic carbocycles. The number of carbonyl (C=O) groups excluding carboxylic acids is 1. The minimum absolute atomic E-state index is 0.0502. The van der Waals surface area contributed by atoms with Gasteiger partial charge >= 0.3 is 0 Å². The van der Waals surface area contributed by atoms with Gasteiger partial charge in [0.15, 0.2) is 0 Å². The van der Waals surface area contributed by atoms with Crippen LogP contribution in [0.2, 0.25) is 0 Å². The van der Waals surface area contributed by atoms with Gasteiger partial charge in [-0.05, 0) is 23.8 Å². The standard InChI is InChI=1S/C14H17N3O2S/c1-19-11-3-7-20-13(11)14(18)16-9-10-2-5-17-6-4-15-12(17)8-10/h3-4,6-7,10H,2,5,8-9H2,1H3,(H,16,18)/t10-/m0/s1. The highest BCUT2D eigenvalue weighted by Gasteiger charge is 2.21. The van der Waals surface area contributed by atoms with Gasteiger partial charge < -0.3 is 14.6 Å². The van der Waals surface area contributed by atoms with Crippen molar-refractivity contribution < 1.29 is 9.53 Å². The number of imidazole rings is 1. The number of ether oxygens (including phenoxy) is 1. The van der Waals surface area contributed by atoms with E-state index in [1.54, 1.807) is 7.11 Å². The molecule has 0 aliphatic carbocycles. The second kappa shape index (κ2) is 5.66. The van der Waals surface area contributed by atoms with Crippen LogP contribution >= 0.6 is 11.3 Å². The summed E-state index contributed by atoms with van der Waals surface area (Å²) in [6.45, 7) is 1.67. The molecule has 0 saturated heterocycles. The molecule has 2 aromatic rings. The van der Waals surface area contributed by atoms with E-state index in [2.05, 4.69) is 14.9 Å². The average molecular weight is 291 g/mol. The minimum atomic E-state index is -0.0502. The molecule has 1 amide bonds. The molecule has 2 aromatic heterocycles. The molecule has 0 fully saturated rings. The Morgan fingerprint density at radius 1 is 1.65 bits per heavy atom. The summed E-state index contributed by atoms with van der Waals surface area (Å²) in [6, 6.07) is 1.82. The predicted octanol–water partition coefficient (Wildman–Crippen LogP) is 1.95. The van der Waals surface area contributed by atoms with Gasteiger partial charge in [-0.3, -0.25) is 4.79 Å². The molecule has 3 rings (SSSR count). The number of methoxy groups -OCH3 is 1. The van der Waals surface area contributed by atoms with E-state index >= 15 is 0 Å². The monoisotopic (exact) mass is 291 g/mol. The zero-order chi connectivity index (χ0) is 13.9. The maximum Gasteiger partial charge on any atom is 0.265 e. The minimum Gasteiger partial charge on any atom is -0.495 e. The van der Waals surface area contributed by atoms with Crippen molar-refractivity contribution in [2.45, 2.75) is 19.4 Å². The number of nitrogens with one attached hydrogen (secondary N) is 1. The third kappa shape index (κ3) is 2.56. The molecule has 5 nitrogen and oxygen atoms in total. The lowest BCUT2D eigenvalue weighted by Crippen LogP contribution is -2.33. The normalized spacial score (nSPS) is 17.6. The number of rotatable bonds is 4. The number of nitrogens with zero attached hydrogens (tertiary/aromatic N) is 2. The number of fused-ring (bicyclic) bond motifs is 1. The lowest BCUT2D eigenvalue weighted by molar-refractivity contribution is 0.0946. The van der Waals surface area contributed by atoms with Crippen molar-refractivity contribution in [2.24, 2.45) is 5.92 Å². The van der Waals surface area contributed by atoms with Crippen molar-refractivity contribution in [3.8, 4) is 5.75 Å². The Hall–Kier alpha value is -1.82. The van der Waals surface area contributed by atoms with Crippen LogP contribution in [0.25, 0.3) is 0 Å². The van der Waals surface area contributed by atoms with Crippen LogP contribution in [-0.4, -0.2) is 29.1 Å². The van der Waals surface area contributed by atoms with Crippen molar-refractivity contribution in [2.75, 3.05) is 13.7 Å². The Bertz CT molecular complexity index is 605. The van der Waals surface area contributed by atoms with Crippen LogP contribution in [0.15, 0.2) is 23.8 Å². The van der Waals surface area contributed by atoms with Gasteiger partial charge in [0.25, 0.3) is 5.91 Å². The Morgan fingerprint density at radius 2 is 2.55 bits per heavy atom. The highest BCUT2D eigenvalue weighted by molar-refractivity contribution is 7.12. The van der Waals surface area contributed by atoms with E-state index in [0.717, 1.165) is 25.2 Å². The van der Waals surface area contributed by atoms with Crippen LogP contribution in [-0.2, 0) is 13.0 Å². The lowest BCUT2D eigenvalue weighted by Gasteiger charge is -2.23. The van der Waals surface area contributed by atoms with E-state index in [1.807, 2.05) is 23.8 Å². The molecular weight excluding hydrogens is 274 g/mol. The van der Waals surface area contributed by atoms with Crippen LogP contribution in [0.5, 0.6) is 5.75 Å². The zero-order valence-electron chi connectivity index (χ0n) is 11.3. The van der Waals surface area contributed by atoms with Gasteiger partial charge in [-0.15, -0.1) is 11.3 Å². The average Bonchev–Trinajstić information content (AvgIpc) is 3.12. The van der Waals surface area contributed by atoms with Gasteiger partial charge in [0.05, 0.1) is 7.11 Å². The Morgan fingerprint density at radius 3 is 3.40 bits per heavy atom. The van der Waals surface area contributed by atoms with Gasteiger partial charge in [0.1, 0.15) is 16.5 Å². The van der Waals surface area contributed by atoms with Crippen LogP contribution in [0, 0.1) is 5.92 Å². The number of aromatic nitrogens is 2. The molecule has 3 heterocycles. The molecular formula is C14H17N3O2S. The molecule has 0 radical (unpaired) electrons. The van der Waals surface area contributed by atoms with Crippen molar-refractivity contribution in [1.29, 1.82) is 0 Å². The highest BCUT2D eigenvalue weighted by Crippen LogP contribution is 2.24. The first-order chi connectivity index (χ1) is 9.78. The predicted molar refractivity (Wildman–Crippen MR) is 77.2 cm³/mol. The summed E-state index contributed by atoms with van der Waals surface area (Å²) in [6.07, 6.45) is 5.85. The Kier molecular flexibility index (Phi) is 3.73. The van der Waals surface area contributed by atoms with Crippen LogP contribution in [0.3, 0.4) is 0 Å². The first-order valence-electron chi connectivity index (χ1n) is 6.67. The first kappa shape index (κ1) is 13.2. The van der Waals surface area contributed by atoms with E-state index < -0.39 is 0 Å². The lowest BCUT2D eigenvalue weighted by atomic mass is 9.98. The van der Waals surface area contributed by atoms with Crippen molar-refractivity contribution in [1.82, 2.24) is 14.9 Å². The smallest absolute Gasteiger partial charge is 0.265 e. The molecule has 0 bridgehead atoms. The van der Waals surface area contributed by atoms with E-state index in [9.17, 15) is 4.79 Å². The SMILES string of the molecule is COc1ccsc1C(=O)NC[C@H]1CCn2ccnc2C1. The molecule has 0 spiro atoms. The van der Waals surface area contributed by atoms with Crippen molar-refractivity contribution in [3.05, 3.63) is 34.5 Å². The number of thiophene rings is 1. The summed E-state index contributed by atoms with van der Waals surface area (Å²) >= 11 is 1.41. The zero-order valence-corrected chi connectivity index (χ0v) is 12.2. The van der Waals surface area contributed by atoms with Gasteiger partial charge in [-0.25, -0.2) is 4.98 Å². The molecule has 1 aliphatic heterocycles. The second-order valence-electron chi connectivity index (χ2n) is 4.92. The topological polar surface area (TPSA) is 56.1 Å². The molecule has 0 unspecified atom stereocenters. The fourth-order valence-corrected chi connectivity index (χ4v) is 3.31. The quantitative estimate of drug-likeness (QED) is 0.936. The Labute approximate surface area is 121 Å². The molecule has 1 atom stereocenters. The summed E-state index contributed by atoms with van der Waals surface area (Å²) < 4.78 is 7.35. The molecule has 106 valence electrons. The van der Waals surface area contributed by atoms with E-state index in [0.29, 0.717) is 23.1 Å². The molecule has 1 N–H and O–H groups in total. The number of amides is 1. The van der Waals surface area contributed by atoms with Crippen molar-refractivity contribution >= 4 is 17.2 Å². The number of hydrogen-bond acceptors (Lipinski definition) is 4. The van der Waals surface area contributed by atoms with E-state index in [4.69, 9.17) is 4.74 Å². The third-order valence-corrected chi connectivity index (χ3v) is 4.55. The van der Waals surface area contributed by atoms with Crippen LogP contribution in [0.4, 0.5) is 0 Å². The summed E-state index contributed by atoms with van der Waals surface area (Å²) in [5, 5.41) is 4.87. The summed E-state index contributed by atoms with van der Waals surface area (Å²) in [5.74, 6) is 2.17. The Balaban J connectivity index is 1.57. The summed E-state index contributed by atoms with van der Waals surface area (Å²) in [5.41, 5.74) is 0. The van der Waals surface area contributed by atoms with Gasteiger partial charge in [-0.2, -0.15) is 0 Å². The van der Waals surface area contributed by atoms with E-state index in [-0.39, 0.29) is 5.91 Å². The molecule has 6 heteroatoms. The number of carbonyl (C=O) groups is 1. The fraction of sp³-hybridized carbons (Fsp3) is 0.429. The fourth-order valence-electron chi connectivity index (χ4n) is 2.53. The molecule has 20 heavy (non-hydrogen) atoms. The summed E-state index contributed by atoms with van der Waals surface area (Å²) in [7, 11) is 1.58.